The zero-order valence-corrected chi connectivity index (χ0v) is 15.6. The van der Waals surface area contributed by atoms with Crippen molar-refractivity contribution in [3.8, 4) is 0 Å². The first-order chi connectivity index (χ1) is 9.06. The molecule has 1 aliphatic carbocycles. The average molecular weight is 395 g/mol. The van der Waals surface area contributed by atoms with E-state index in [1.54, 1.807) is 7.05 Å². The predicted octanol–water partition coefficient (Wildman–Crippen LogP) is 2.94. The first kappa shape index (κ1) is 19.7. The fourth-order valence-electron chi connectivity index (χ4n) is 2.31. The van der Waals surface area contributed by atoms with Gasteiger partial charge in [-0.15, -0.1) is 30.6 Å². The molecule has 5 heteroatoms. The number of rotatable bonds is 7. The first-order valence-corrected chi connectivity index (χ1v) is 7.25. The number of hydrogen-bond donors (Lipinski definition) is 2. The number of nitrogens with one attached hydrogen (secondary N) is 2. The van der Waals surface area contributed by atoms with Crippen molar-refractivity contribution in [1.82, 2.24) is 10.6 Å². The van der Waals surface area contributed by atoms with Crippen LogP contribution in [0.2, 0.25) is 0 Å². The van der Waals surface area contributed by atoms with Crippen LogP contribution in [0.3, 0.4) is 0 Å². The highest BCUT2D eigenvalue weighted by molar-refractivity contribution is 14.0. The standard InChI is InChI=1S/C15H29N3O.HI/c1-6-8-10-19-13-11-12(15(13,3)4)18-14(16-5)17-9-7-2;/h7,12-13H,2,6,8-11H2,1,3-5H3,(H2,16,17,18);1H. The second kappa shape index (κ2) is 9.60. The second-order valence-electron chi connectivity index (χ2n) is 5.71. The molecule has 1 rings (SSSR count). The van der Waals surface area contributed by atoms with Crippen LogP contribution < -0.4 is 10.6 Å². The molecule has 0 spiro atoms. The number of nitrogens with zero attached hydrogens (tertiary/aromatic N) is 1. The van der Waals surface area contributed by atoms with Crippen LogP contribution >= 0.6 is 24.0 Å². The third-order valence-electron chi connectivity index (χ3n) is 3.94. The molecule has 0 amide bonds. The van der Waals surface area contributed by atoms with Crippen LogP contribution in [-0.4, -0.2) is 38.3 Å². The number of unbranched alkanes of at least 4 members (excludes halogenated alkanes) is 1. The summed E-state index contributed by atoms with van der Waals surface area (Å²) in [6.07, 6.45) is 5.57. The molecule has 1 fully saturated rings. The summed E-state index contributed by atoms with van der Waals surface area (Å²) in [5, 5.41) is 6.66. The Balaban J connectivity index is 0.00000361. The van der Waals surface area contributed by atoms with E-state index in [1.807, 2.05) is 6.08 Å². The molecule has 2 N–H and O–H groups in total. The van der Waals surface area contributed by atoms with E-state index in [4.69, 9.17) is 4.74 Å². The predicted molar refractivity (Wildman–Crippen MR) is 96.9 cm³/mol. The fourth-order valence-corrected chi connectivity index (χ4v) is 2.31. The molecule has 0 aliphatic heterocycles. The lowest BCUT2D eigenvalue weighted by Crippen LogP contribution is -2.63. The third-order valence-corrected chi connectivity index (χ3v) is 3.94. The maximum atomic E-state index is 5.94. The van der Waals surface area contributed by atoms with Gasteiger partial charge in [0.25, 0.3) is 0 Å². The Hall–Kier alpha value is -0.300. The highest BCUT2D eigenvalue weighted by Gasteiger charge is 2.49. The summed E-state index contributed by atoms with van der Waals surface area (Å²) in [7, 11) is 1.79. The SMILES string of the molecule is C=CCNC(=NC)NC1CC(OCCCC)C1(C)C.I. The quantitative estimate of drug-likeness (QED) is 0.229. The Morgan fingerprint density at radius 3 is 2.70 bits per heavy atom. The molecule has 2 atom stereocenters. The van der Waals surface area contributed by atoms with Gasteiger partial charge in [0.1, 0.15) is 0 Å². The van der Waals surface area contributed by atoms with E-state index < -0.39 is 0 Å². The van der Waals surface area contributed by atoms with Gasteiger partial charge < -0.3 is 15.4 Å². The van der Waals surface area contributed by atoms with Crippen molar-refractivity contribution in [2.24, 2.45) is 10.4 Å². The van der Waals surface area contributed by atoms with Crippen LogP contribution in [0.15, 0.2) is 17.6 Å². The van der Waals surface area contributed by atoms with Gasteiger partial charge in [-0.25, -0.2) is 0 Å². The van der Waals surface area contributed by atoms with Gasteiger partial charge in [-0.2, -0.15) is 0 Å². The summed E-state index contributed by atoms with van der Waals surface area (Å²) in [6.45, 7) is 12.0. The smallest absolute Gasteiger partial charge is 0.191 e. The van der Waals surface area contributed by atoms with Crippen LogP contribution in [-0.2, 0) is 4.74 Å². The molecule has 0 radical (unpaired) electrons. The van der Waals surface area contributed by atoms with Crippen molar-refractivity contribution in [3.63, 3.8) is 0 Å². The average Bonchev–Trinajstić information content (AvgIpc) is 2.40. The largest absolute Gasteiger partial charge is 0.378 e. The van der Waals surface area contributed by atoms with Crippen LogP contribution in [0.4, 0.5) is 0 Å². The van der Waals surface area contributed by atoms with Gasteiger partial charge in [-0.1, -0.05) is 33.3 Å². The van der Waals surface area contributed by atoms with Crippen LogP contribution in [0.1, 0.15) is 40.0 Å². The third kappa shape index (κ3) is 5.24. The molecule has 0 aromatic carbocycles. The highest BCUT2D eigenvalue weighted by atomic mass is 127. The molecule has 1 saturated carbocycles. The minimum absolute atomic E-state index is 0. The summed E-state index contributed by atoms with van der Waals surface area (Å²) >= 11 is 0. The number of hydrogen-bond acceptors (Lipinski definition) is 2. The molecule has 0 bridgehead atoms. The normalized spacial score (nSPS) is 24.3. The van der Waals surface area contributed by atoms with E-state index in [-0.39, 0.29) is 29.4 Å². The van der Waals surface area contributed by atoms with Crippen molar-refractivity contribution in [2.75, 3.05) is 20.2 Å². The lowest BCUT2D eigenvalue weighted by atomic mass is 9.64. The van der Waals surface area contributed by atoms with E-state index in [2.05, 4.69) is 43.0 Å². The molecule has 1 aliphatic rings. The van der Waals surface area contributed by atoms with Crippen molar-refractivity contribution in [3.05, 3.63) is 12.7 Å². The minimum Gasteiger partial charge on any atom is -0.378 e. The topological polar surface area (TPSA) is 45.7 Å². The Bertz CT molecular complexity index is 318. The Morgan fingerprint density at radius 2 is 2.20 bits per heavy atom. The van der Waals surface area contributed by atoms with Crippen LogP contribution in [0.25, 0.3) is 0 Å². The number of ether oxygens (including phenoxy) is 1. The molecule has 0 heterocycles. The lowest BCUT2D eigenvalue weighted by Gasteiger charge is -2.52. The summed E-state index contributed by atoms with van der Waals surface area (Å²) in [5.41, 5.74) is 0.152. The monoisotopic (exact) mass is 395 g/mol. The Kier molecular flexibility index (Phi) is 9.46. The van der Waals surface area contributed by atoms with E-state index in [1.165, 1.54) is 6.42 Å². The highest BCUT2D eigenvalue weighted by Crippen LogP contribution is 2.42. The van der Waals surface area contributed by atoms with Gasteiger partial charge in [0.2, 0.25) is 0 Å². The van der Waals surface area contributed by atoms with Gasteiger partial charge in [0.05, 0.1) is 6.10 Å². The van der Waals surface area contributed by atoms with Gasteiger partial charge >= 0.3 is 0 Å². The zero-order chi connectivity index (χ0) is 14.3. The van der Waals surface area contributed by atoms with Gasteiger partial charge in [0, 0.05) is 31.7 Å². The molecule has 0 aromatic heterocycles. The number of aliphatic imine (C=N–C) groups is 1. The fraction of sp³-hybridized carbons (Fsp3) is 0.800. The van der Waals surface area contributed by atoms with Crippen molar-refractivity contribution in [1.29, 1.82) is 0 Å². The summed E-state index contributed by atoms with van der Waals surface area (Å²) in [5.74, 6) is 0.838. The van der Waals surface area contributed by atoms with Gasteiger partial charge in [-0.3, -0.25) is 4.99 Å². The minimum atomic E-state index is 0. The molecular weight excluding hydrogens is 365 g/mol. The summed E-state index contributed by atoms with van der Waals surface area (Å²) in [6, 6.07) is 0.412. The second-order valence-corrected chi connectivity index (χ2v) is 5.71. The summed E-state index contributed by atoms with van der Waals surface area (Å²) < 4.78 is 5.94. The van der Waals surface area contributed by atoms with Gasteiger partial charge in [-0.05, 0) is 12.8 Å². The van der Waals surface area contributed by atoms with Crippen molar-refractivity contribution in [2.45, 2.75) is 52.2 Å². The zero-order valence-electron chi connectivity index (χ0n) is 13.2. The maximum Gasteiger partial charge on any atom is 0.191 e. The van der Waals surface area contributed by atoms with Crippen molar-refractivity contribution < 1.29 is 4.74 Å². The number of halogens is 1. The van der Waals surface area contributed by atoms with E-state index in [0.717, 1.165) is 32.0 Å². The van der Waals surface area contributed by atoms with Crippen molar-refractivity contribution >= 4 is 29.9 Å². The van der Waals surface area contributed by atoms with Crippen LogP contribution in [0, 0.1) is 5.41 Å². The molecule has 4 nitrogen and oxygen atoms in total. The van der Waals surface area contributed by atoms with E-state index >= 15 is 0 Å². The molecule has 2 unspecified atom stereocenters. The van der Waals surface area contributed by atoms with Gasteiger partial charge in [0.15, 0.2) is 5.96 Å². The molecule has 20 heavy (non-hydrogen) atoms. The lowest BCUT2D eigenvalue weighted by molar-refractivity contribution is -0.113. The summed E-state index contributed by atoms with van der Waals surface area (Å²) in [4.78, 5) is 4.22. The first-order valence-electron chi connectivity index (χ1n) is 7.25. The Morgan fingerprint density at radius 1 is 1.50 bits per heavy atom. The Labute approximate surface area is 140 Å². The van der Waals surface area contributed by atoms with E-state index in [0.29, 0.717) is 12.1 Å². The molecular formula is C15H30IN3O. The molecule has 0 aromatic rings. The molecule has 118 valence electrons. The van der Waals surface area contributed by atoms with Crippen LogP contribution in [0.5, 0.6) is 0 Å². The van der Waals surface area contributed by atoms with E-state index in [9.17, 15) is 0 Å². The molecule has 0 saturated heterocycles. The number of guanidine groups is 1. The maximum absolute atomic E-state index is 5.94.